The maximum Gasteiger partial charge on any atom is 0.311 e. The van der Waals surface area contributed by atoms with Gasteiger partial charge >= 0.3 is 5.97 Å². The van der Waals surface area contributed by atoms with Crippen LogP contribution in [0.25, 0.3) is 0 Å². The molecule has 0 aliphatic heterocycles. The SMILES string of the molecule is CCCCCOC(=O)C(C)(C)C1CC(C(C)=O)C1. The van der Waals surface area contributed by atoms with E-state index in [9.17, 15) is 9.59 Å². The van der Waals surface area contributed by atoms with Crippen molar-refractivity contribution in [3.05, 3.63) is 0 Å². The minimum atomic E-state index is -0.446. The third kappa shape index (κ3) is 3.56. The summed E-state index contributed by atoms with van der Waals surface area (Å²) < 4.78 is 5.34. The molecule has 1 aliphatic carbocycles. The van der Waals surface area contributed by atoms with Crippen LogP contribution < -0.4 is 0 Å². The van der Waals surface area contributed by atoms with E-state index in [1.807, 2.05) is 13.8 Å². The van der Waals surface area contributed by atoms with Crippen LogP contribution in [0.5, 0.6) is 0 Å². The van der Waals surface area contributed by atoms with Gasteiger partial charge < -0.3 is 4.74 Å². The molecule has 0 radical (unpaired) electrons. The summed E-state index contributed by atoms with van der Waals surface area (Å²) in [7, 11) is 0. The van der Waals surface area contributed by atoms with E-state index in [1.165, 1.54) is 0 Å². The van der Waals surface area contributed by atoms with Crippen molar-refractivity contribution in [3.63, 3.8) is 0 Å². The smallest absolute Gasteiger partial charge is 0.311 e. The number of carbonyl (C=O) groups is 2. The predicted octanol–water partition coefficient (Wildman–Crippen LogP) is 3.36. The molecule has 0 aromatic rings. The fourth-order valence-electron chi connectivity index (χ4n) is 2.41. The highest BCUT2D eigenvalue weighted by molar-refractivity contribution is 5.81. The number of hydrogen-bond donors (Lipinski definition) is 0. The number of rotatable bonds is 7. The molecule has 0 spiro atoms. The van der Waals surface area contributed by atoms with Crippen LogP contribution in [0.3, 0.4) is 0 Å². The van der Waals surface area contributed by atoms with Crippen LogP contribution in [0.4, 0.5) is 0 Å². The Balaban J connectivity index is 2.34. The Hall–Kier alpha value is -0.860. The Labute approximate surface area is 110 Å². The Morgan fingerprint density at radius 2 is 1.83 bits per heavy atom. The summed E-state index contributed by atoms with van der Waals surface area (Å²) in [4.78, 5) is 23.2. The highest BCUT2D eigenvalue weighted by Crippen LogP contribution is 2.46. The van der Waals surface area contributed by atoms with Crippen molar-refractivity contribution in [2.45, 2.75) is 59.8 Å². The van der Waals surface area contributed by atoms with Crippen LogP contribution in [0.1, 0.15) is 59.8 Å². The van der Waals surface area contributed by atoms with Crippen molar-refractivity contribution in [2.24, 2.45) is 17.3 Å². The molecule has 0 heterocycles. The second kappa shape index (κ2) is 6.35. The van der Waals surface area contributed by atoms with Gasteiger partial charge in [-0.15, -0.1) is 0 Å². The lowest BCUT2D eigenvalue weighted by Crippen LogP contribution is -2.43. The summed E-state index contributed by atoms with van der Waals surface area (Å²) in [5.74, 6) is 0.608. The van der Waals surface area contributed by atoms with Crippen molar-refractivity contribution in [3.8, 4) is 0 Å². The minimum Gasteiger partial charge on any atom is -0.465 e. The van der Waals surface area contributed by atoms with Crippen LogP contribution in [-0.4, -0.2) is 18.4 Å². The average molecular weight is 254 g/mol. The third-order valence-electron chi connectivity index (χ3n) is 4.24. The first-order valence-electron chi connectivity index (χ1n) is 7.07. The summed E-state index contributed by atoms with van der Waals surface area (Å²) in [5.41, 5.74) is -0.446. The quantitative estimate of drug-likeness (QED) is 0.517. The van der Waals surface area contributed by atoms with Gasteiger partial charge in [-0.1, -0.05) is 19.8 Å². The Kier molecular flexibility index (Phi) is 5.36. The maximum absolute atomic E-state index is 12.0. The molecule has 3 heteroatoms. The average Bonchev–Trinajstić information content (AvgIpc) is 2.20. The van der Waals surface area contributed by atoms with Gasteiger partial charge in [-0.3, -0.25) is 9.59 Å². The van der Waals surface area contributed by atoms with Gasteiger partial charge in [0.15, 0.2) is 0 Å². The standard InChI is InChI=1S/C15H26O3/c1-5-6-7-8-18-14(17)15(3,4)13-9-12(10-13)11(2)16/h12-13H,5-10H2,1-4H3. The zero-order valence-corrected chi connectivity index (χ0v) is 12.1. The zero-order chi connectivity index (χ0) is 13.8. The molecule has 0 aromatic carbocycles. The molecular formula is C15H26O3. The normalized spacial score (nSPS) is 23.3. The highest BCUT2D eigenvalue weighted by Gasteiger charge is 2.46. The molecule has 0 saturated heterocycles. The topological polar surface area (TPSA) is 43.4 Å². The number of ether oxygens (including phenoxy) is 1. The van der Waals surface area contributed by atoms with Crippen LogP contribution in [0.2, 0.25) is 0 Å². The fourth-order valence-corrected chi connectivity index (χ4v) is 2.41. The van der Waals surface area contributed by atoms with Crippen molar-refractivity contribution < 1.29 is 14.3 Å². The molecule has 0 aromatic heterocycles. The number of unbranched alkanes of at least 4 members (excludes halogenated alkanes) is 2. The number of hydrogen-bond acceptors (Lipinski definition) is 3. The molecule has 0 N–H and O–H groups in total. The van der Waals surface area contributed by atoms with Gasteiger partial charge in [-0.05, 0) is 46.0 Å². The van der Waals surface area contributed by atoms with Gasteiger partial charge in [0.1, 0.15) is 5.78 Å². The summed E-state index contributed by atoms with van der Waals surface area (Å²) in [6, 6.07) is 0. The lowest BCUT2D eigenvalue weighted by atomic mass is 9.61. The summed E-state index contributed by atoms with van der Waals surface area (Å²) in [6.07, 6.45) is 4.85. The number of Topliss-reactive ketones (excluding diaryl/α,β-unsaturated/α-hetero) is 1. The molecule has 1 rings (SSSR count). The van der Waals surface area contributed by atoms with Crippen molar-refractivity contribution in [1.82, 2.24) is 0 Å². The summed E-state index contributed by atoms with van der Waals surface area (Å²) >= 11 is 0. The molecule has 0 bridgehead atoms. The molecule has 104 valence electrons. The molecular weight excluding hydrogens is 228 g/mol. The maximum atomic E-state index is 12.0. The van der Waals surface area contributed by atoms with Crippen LogP contribution in [0, 0.1) is 17.3 Å². The lowest BCUT2D eigenvalue weighted by Gasteiger charge is -2.42. The zero-order valence-electron chi connectivity index (χ0n) is 12.1. The first kappa shape index (κ1) is 15.2. The first-order valence-corrected chi connectivity index (χ1v) is 7.07. The van der Waals surface area contributed by atoms with Gasteiger partial charge in [0.05, 0.1) is 12.0 Å². The van der Waals surface area contributed by atoms with Gasteiger partial charge in [0, 0.05) is 5.92 Å². The summed E-state index contributed by atoms with van der Waals surface area (Å²) in [6.45, 7) is 8.17. The highest BCUT2D eigenvalue weighted by atomic mass is 16.5. The molecule has 1 saturated carbocycles. The Bertz CT molecular complexity index is 301. The number of ketones is 1. The van der Waals surface area contributed by atoms with E-state index in [4.69, 9.17) is 4.74 Å². The fraction of sp³-hybridized carbons (Fsp3) is 0.867. The lowest BCUT2D eigenvalue weighted by molar-refractivity contribution is -0.161. The minimum absolute atomic E-state index is 0.106. The molecule has 1 fully saturated rings. The van der Waals surface area contributed by atoms with Gasteiger partial charge in [-0.25, -0.2) is 0 Å². The first-order chi connectivity index (χ1) is 8.39. The van der Waals surface area contributed by atoms with E-state index >= 15 is 0 Å². The number of carbonyl (C=O) groups excluding carboxylic acids is 2. The van der Waals surface area contributed by atoms with Crippen molar-refractivity contribution >= 4 is 11.8 Å². The second-order valence-electron chi connectivity index (χ2n) is 6.04. The van der Waals surface area contributed by atoms with E-state index in [1.54, 1.807) is 6.92 Å². The van der Waals surface area contributed by atoms with Crippen LogP contribution >= 0.6 is 0 Å². The Morgan fingerprint density at radius 1 is 1.22 bits per heavy atom. The van der Waals surface area contributed by atoms with Crippen LogP contribution in [-0.2, 0) is 14.3 Å². The van der Waals surface area contributed by atoms with E-state index < -0.39 is 5.41 Å². The van der Waals surface area contributed by atoms with Gasteiger partial charge in [0.25, 0.3) is 0 Å². The van der Waals surface area contributed by atoms with Crippen LogP contribution in [0.15, 0.2) is 0 Å². The predicted molar refractivity (Wildman–Crippen MR) is 71.2 cm³/mol. The van der Waals surface area contributed by atoms with E-state index in [-0.39, 0.29) is 17.7 Å². The third-order valence-corrected chi connectivity index (χ3v) is 4.24. The van der Waals surface area contributed by atoms with Gasteiger partial charge in [0.2, 0.25) is 0 Å². The van der Waals surface area contributed by atoms with Crippen molar-refractivity contribution in [2.75, 3.05) is 6.61 Å². The number of esters is 1. The van der Waals surface area contributed by atoms with Crippen molar-refractivity contribution in [1.29, 1.82) is 0 Å². The second-order valence-corrected chi connectivity index (χ2v) is 6.04. The van der Waals surface area contributed by atoms with E-state index in [0.717, 1.165) is 32.1 Å². The van der Waals surface area contributed by atoms with Gasteiger partial charge in [-0.2, -0.15) is 0 Å². The van der Waals surface area contributed by atoms with E-state index in [0.29, 0.717) is 12.5 Å². The molecule has 3 nitrogen and oxygen atoms in total. The molecule has 0 amide bonds. The Morgan fingerprint density at radius 3 is 2.33 bits per heavy atom. The van der Waals surface area contributed by atoms with E-state index in [2.05, 4.69) is 6.92 Å². The summed E-state index contributed by atoms with van der Waals surface area (Å²) in [5, 5.41) is 0. The molecule has 1 aliphatic rings. The monoisotopic (exact) mass is 254 g/mol. The largest absolute Gasteiger partial charge is 0.465 e. The molecule has 18 heavy (non-hydrogen) atoms. The molecule has 0 unspecified atom stereocenters. The molecule has 0 atom stereocenters.